The van der Waals surface area contributed by atoms with E-state index >= 15 is 0 Å². The minimum atomic E-state index is -5.35. The van der Waals surface area contributed by atoms with Crippen LogP contribution in [0, 0.1) is 0 Å². The number of benzene rings is 1. The Kier molecular flexibility index (Phi) is 4.65. The van der Waals surface area contributed by atoms with Crippen LogP contribution in [0.4, 0.5) is 39.5 Å². The number of hydrogen-bond acceptors (Lipinski definition) is 1. The normalized spacial score (nSPS) is 13.7. The molecule has 0 N–H and O–H groups in total. The van der Waals surface area contributed by atoms with Crippen molar-refractivity contribution < 1.29 is 39.5 Å². The van der Waals surface area contributed by atoms with Crippen molar-refractivity contribution in [3.8, 4) is 0 Å². The van der Waals surface area contributed by atoms with Crippen molar-refractivity contribution in [2.75, 3.05) is 0 Å². The molecule has 0 bridgehead atoms. The molecule has 0 saturated heterocycles. The van der Waals surface area contributed by atoms with Gasteiger partial charge in [-0.05, 0) is 39.8 Å². The molecule has 11 heteroatoms. The fourth-order valence-corrected chi connectivity index (χ4v) is 2.56. The summed E-state index contributed by atoms with van der Waals surface area (Å²) in [6.07, 6.45) is -10.5. The third-order valence-electron chi connectivity index (χ3n) is 1.89. The number of thioether (sulfide) groups is 1. The molecule has 0 spiro atoms. The minimum Gasteiger partial charge on any atom is -0.166 e. The van der Waals surface area contributed by atoms with E-state index in [1.807, 2.05) is 0 Å². The average molecular weight is 393 g/mol. The molecule has 0 amide bonds. The summed E-state index contributed by atoms with van der Waals surface area (Å²) in [5.41, 5.74) is -8.76. The molecule has 0 fully saturated rings. The topological polar surface area (TPSA) is 0 Å². The Morgan fingerprint density at radius 3 is 1.65 bits per heavy atom. The summed E-state index contributed by atoms with van der Waals surface area (Å²) >= 11 is 1.18. The predicted molar refractivity (Wildman–Crippen MR) is 56.1 cm³/mol. The zero-order valence-corrected chi connectivity index (χ0v) is 11.2. The lowest BCUT2D eigenvalue weighted by atomic mass is 10.1. The molecule has 0 heterocycles. The Hall–Kier alpha value is -0.580. The summed E-state index contributed by atoms with van der Waals surface area (Å²) in [6, 6.07) is -0.178. The summed E-state index contributed by atoms with van der Waals surface area (Å²) in [5, 5.41) is 0. The monoisotopic (exact) mass is 392 g/mol. The van der Waals surface area contributed by atoms with Gasteiger partial charge in [-0.25, -0.2) is 0 Å². The van der Waals surface area contributed by atoms with Gasteiger partial charge in [0.15, 0.2) is 0 Å². The van der Waals surface area contributed by atoms with Crippen LogP contribution in [0.15, 0.2) is 21.5 Å². The lowest BCUT2D eigenvalue weighted by Crippen LogP contribution is -2.14. The smallest absolute Gasteiger partial charge is 0.166 e. The van der Waals surface area contributed by atoms with Crippen molar-refractivity contribution >= 4 is 27.7 Å². The largest absolute Gasteiger partial charge is 0.446 e. The molecule has 0 aliphatic carbocycles. The molecule has 1 rings (SSSR count). The quantitative estimate of drug-likeness (QED) is 0.411. The molecule has 0 saturated carbocycles. The second-order valence-corrected chi connectivity index (χ2v) is 5.31. The van der Waals surface area contributed by atoms with Gasteiger partial charge in [0.2, 0.25) is 0 Å². The molecular weight excluding hydrogens is 391 g/mol. The molecule has 0 nitrogen and oxygen atoms in total. The summed E-state index contributed by atoms with van der Waals surface area (Å²) in [7, 11) is 0. The fraction of sp³-hybridized carbons (Fsp3) is 0.333. The maximum atomic E-state index is 12.6. The SMILES string of the molecule is FC(F)(F)Sc1c(Br)cc(C(F)(F)F)cc1C(F)(F)F. The standard InChI is InChI=1S/C9H2BrF9S/c10-5-2-3(7(11,12)13)1-4(8(14,15)16)6(5)20-9(17,18)19/h1-2H. The van der Waals surface area contributed by atoms with Gasteiger partial charge in [0.25, 0.3) is 0 Å². The van der Waals surface area contributed by atoms with Crippen molar-refractivity contribution in [3.05, 3.63) is 27.7 Å². The van der Waals surface area contributed by atoms with E-state index in [1.165, 1.54) is 0 Å². The van der Waals surface area contributed by atoms with Crippen LogP contribution in [0.3, 0.4) is 0 Å². The van der Waals surface area contributed by atoms with E-state index < -0.39 is 50.1 Å². The molecule has 0 aliphatic heterocycles. The third kappa shape index (κ3) is 4.47. The zero-order chi connectivity index (χ0) is 15.9. The van der Waals surface area contributed by atoms with Gasteiger partial charge in [0.05, 0.1) is 11.1 Å². The molecule has 0 radical (unpaired) electrons. The number of hydrogen-bond donors (Lipinski definition) is 0. The van der Waals surface area contributed by atoms with Crippen molar-refractivity contribution in [1.82, 2.24) is 0 Å². The molecule has 114 valence electrons. The second-order valence-electron chi connectivity index (χ2n) is 3.38. The lowest BCUT2D eigenvalue weighted by molar-refractivity contribution is -0.144. The molecule has 1 aromatic carbocycles. The number of rotatable bonds is 1. The molecular formula is C9H2BrF9S. The zero-order valence-electron chi connectivity index (χ0n) is 8.84. The van der Waals surface area contributed by atoms with Gasteiger partial charge in [0.1, 0.15) is 0 Å². The van der Waals surface area contributed by atoms with E-state index in [1.54, 1.807) is 0 Å². The molecule has 0 aromatic heterocycles. The van der Waals surface area contributed by atoms with Crippen molar-refractivity contribution in [3.63, 3.8) is 0 Å². The summed E-state index contributed by atoms with van der Waals surface area (Å²) in [4.78, 5) is -1.36. The average Bonchev–Trinajstić information content (AvgIpc) is 2.15. The molecule has 1 aromatic rings. The Labute approximate surface area is 118 Å². The van der Waals surface area contributed by atoms with Crippen LogP contribution in [0.1, 0.15) is 11.1 Å². The summed E-state index contributed by atoms with van der Waals surface area (Å²) in [6.45, 7) is 0. The maximum Gasteiger partial charge on any atom is 0.446 e. The third-order valence-corrected chi connectivity index (χ3v) is 3.66. The van der Waals surface area contributed by atoms with Crippen LogP contribution in [-0.4, -0.2) is 5.51 Å². The second kappa shape index (κ2) is 5.32. The van der Waals surface area contributed by atoms with Crippen LogP contribution in [-0.2, 0) is 12.4 Å². The predicted octanol–water partition coefficient (Wildman–Crippen LogP) is 6.10. The first-order valence-corrected chi connectivity index (χ1v) is 6.06. The number of halogens is 10. The Morgan fingerprint density at radius 1 is 0.800 bits per heavy atom. The van der Waals surface area contributed by atoms with Gasteiger partial charge < -0.3 is 0 Å². The van der Waals surface area contributed by atoms with Gasteiger partial charge in [-0.1, -0.05) is 0 Å². The van der Waals surface area contributed by atoms with Crippen LogP contribution < -0.4 is 0 Å². The van der Waals surface area contributed by atoms with E-state index in [2.05, 4.69) is 15.9 Å². The van der Waals surface area contributed by atoms with E-state index in [4.69, 9.17) is 0 Å². The van der Waals surface area contributed by atoms with E-state index in [-0.39, 0.29) is 12.1 Å². The van der Waals surface area contributed by atoms with Crippen LogP contribution in [0.25, 0.3) is 0 Å². The van der Waals surface area contributed by atoms with Gasteiger partial charge in [-0.3, -0.25) is 0 Å². The lowest BCUT2D eigenvalue weighted by Gasteiger charge is -2.18. The highest BCUT2D eigenvalue weighted by Gasteiger charge is 2.42. The Morgan fingerprint density at radius 2 is 1.30 bits per heavy atom. The highest BCUT2D eigenvalue weighted by molar-refractivity contribution is 9.10. The molecule has 0 unspecified atom stereocenters. The summed E-state index contributed by atoms with van der Waals surface area (Å²) < 4.78 is 111. The van der Waals surface area contributed by atoms with Gasteiger partial charge in [-0.15, -0.1) is 0 Å². The van der Waals surface area contributed by atoms with E-state index in [9.17, 15) is 39.5 Å². The Balaban J connectivity index is 3.52. The van der Waals surface area contributed by atoms with Crippen molar-refractivity contribution in [2.45, 2.75) is 22.8 Å². The Bertz CT molecular complexity index is 500. The highest BCUT2D eigenvalue weighted by Crippen LogP contribution is 2.48. The van der Waals surface area contributed by atoms with Crippen LogP contribution in [0.2, 0.25) is 0 Å². The van der Waals surface area contributed by atoms with Gasteiger partial charge in [0, 0.05) is 9.37 Å². The van der Waals surface area contributed by atoms with Gasteiger partial charge >= 0.3 is 17.9 Å². The first kappa shape index (κ1) is 17.5. The van der Waals surface area contributed by atoms with E-state index in [0.29, 0.717) is 0 Å². The van der Waals surface area contributed by atoms with Crippen LogP contribution in [0.5, 0.6) is 0 Å². The van der Waals surface area contributed by atoms with E-state index in [0.717, 1.165) is 0 Å². The first-order valence-electron chi connectivity index (χ1n) is 4.45. The molecule has 0 atom stereocenters. The minimum absolute atomic E-state index is 0.170. The summed E-state index contributed by atoms with van der Waals surface area (Å²) in [5.74, 6) is 0. The molecule has 0 aliphatic rings. The fourth-order valence-electron chi connectivity index (χ4n) is 1.19. The maximum absolute atomic E-state index is 12.6. The number of alkyl halides is 9. The van der Waals surface area contributed by atoms with Crippen molar-refractivity contribution in [2.24, 2.45) is 0 Å². The first-order chi connectivity index (χ1) is 8.72. The van der Waals surface area contributed by atoms with Crippen molar-refractivity contribution in [1.29, 1.82) is 0 Å². The highest BCUT2D eigenvalue weighted by atomic mass is 79.9. The van der Waals surface area contributed by atoms with Gasteiger partial charge in [-0.2, -0.15) is 39.5 Å². The van der Waals surface area contributed by atoms with Crippen LogP contribution >= 0.6 is 27.7 Å². The molecule has 20 heavy (non-hydrogen) atoms.